The van der Waals surface area contributed by atoms with Crippen molar-refractivity contribution in [3.63, 3.8) is 0 Å². The quantitative estimate of drug-likeness (QED) is 0.236. The van der Waals surface area contributed by atoms with Crippen LogP contribution in [-0.4, -0.2) is 23.5 Å². The summed E-state index contributed by atoms with van der Waals surface area (Å²) in [6.07, 6.45) is 22.6. The molecule has 2 N–H and O–H groups in total. The molecule has 4 heteroatoms. The van der Waals surface area contributed by atoms with E-state index in [0.29, 0.717) is 0 Å². The van der Waals surface area contributed by atoms with Crippen LogP contribution in [-0.2, 0) is 9.59 Å². The number of carboxylic acids is 1. The Morgan fingerprint density at radius 1 is 0.792 bits per heavy atom. The predicted molar refractivity (Wildman–Crippen MR) is 100 cm³/mol. The summed E-state index contributed by atoms with van der Waals surface area (Å²) >= 11 is 0. The van der Waals surface area contributed by atoms with Crippen LogP contribution in [0.2, 0.25) is 0 Å². The maximum absolute atomic E-state index is 11.2. The van der Waals surface area contributed by atoms with Crippen molar-refractivity contribution < 1.29 is 14.7 Å². The van der Waals surface area contributed by atoms with Crippen LogP contribution in [0.4, 0.5) is 0 Å². The number of hydrogen-bond acceptors (Lipinski definition) is 2. The minimum Gasteiger partial charge on any atom is -0.480 e. The number of carbonyl (C=O) groups is 2. The maximum Gasteiger partial charge on any atom is 0.322 e. The normalized spacial score (nSPS) is 11.4. The topological polar surface area (TPSA) is 66.4 Å². The molecule has 0 unspecified atom stereocenters. The van der Waals surface area contributed by atoms with Gasteiger partial charge in [-0.1, -0.05) is 63.7 Å². The third-order valence-corrected chi connectivity index (χ3v) is 3.82. The predicted octanol–water partition coefficient (Wildman–Crippen LogP) is 5.00. The van der Waals surface area contributed by atoms with Gasteiger partial charge in [0.15, 0.2) is 0 Å². The van der Waals surface area contributed by atoms with Gasteiger partial charge < -0.3 is 10.4 Å². The average Bonchev–Trinajstić information content (AvgIpc) is 2.56. The Morgan fingerprint density at radius 3 is 1.83 bits per heavy atom. The number of carbonyl (C=O) groups excluding carboxylic acids is 1. The molecule has 0 bridgehead atoms. The second-order valence-electron chi connectivity index (χ2n) is 6.18. The van der Waals surface area contributed by atoms with Crippen molar-refractivity contribution in [3.8, 4) is 0 Å². The Bertz CT molecular complexity index is 375. The van der Waals surface area contributed by atoms with Crippen LogP contribution in [0.1, 0.15) is 84.0 Å². The molecule has 0 aliphatic heterocycles. The highest BCUT2D eigenvalue weighted by Crippen LogP contribution is 2.09. The van der Waals surface area contributed by atoms with E-state index < -0.39 is 5.97 Å². The summed E-state index contributed by atoms with van der Waals surface area (Å²) in [7, 11) is 0. The third kappa shape index (κ3) is 18.5. The molecule has 0 radical (unpaired) electrons. The summed E-state index contributed by atoms with van der Waals surface area (Å²) in [4.78, 5) is 21.5. The summed E-state index contributed by atoms with van der Waals surface area (Å²) in [6.45, 7) is 1.92. The maximum atomic E-state index is 11.2. The first-order valence-electron chi connectivity index (χ1n) is 9.48. The molecule has 0 rings (SSSR count). The van der Waals surface area contributed by atoms with E-state index in [2.05, 4.69) is 24.4 Å². The van der Waals surface area contributed by atoms with Gasteiger partial charge in [-0.3, -0.25) is 9.59 Å². The number of nitrogens with one attached hydrogen (secondary N) is 1. The number of hydrogen-bond donors (Lipinski definition) is 2. The number of unbranched alkanes of at least 4 members (excludes halogenated alkanes) is 10. The molecule has 0 aliphatic rings. The number of carboxylic acid groups (broad SMARTS) is 1. The zero-order chi connectivity index (χ0) is 17.9. The standard InChI is InChI=1S/C20H35NO3/c1-2-3-4-5-6-7-8-9-10-11-12-13-14-15-16-17-19(22)21-18-20(23)24/h7-8,16-17H,2-6,9-15,18H2,1H3,(H,21,22)(H,23,24)/b8-7-,17-16+. The second kappa shape index (κ2) is 17.8. The van der Waals surface area contributed by atoms with Gasteiger partial charge in [-0.2, -0.15) is 0 Å². The first-order chi connectivity index (χ1) is 11.7. The molecule has 0 heterocycles. The molecule has 0 aromatic heterocycles. The van der Waals surface area contributed by atoms with Crippen LogP contribution < -0.4 is 5.32 Å². The lowest BCUT2D eigenvalue weighted by atomic mass is 10.1. The molecule has 0 saturated heterocycles. The number of aliphatic carboxylic acids is 1. The van der Waals surface area contributed by atoms with Crippen molar-refractivity contribution in [1.82, 2.24) is 5.32 Å². The van der Waals surface area contributed by atoms with Gasteiger partial charge in [0.2, 0.25) is 5.91 Å². The van der Waals surface area contributed by atoms with E-state index in [4.69, 9.17) is 5.11 Å². The lowest BCUT2D eigenvalue weighted by molar-refractivity contribution is -0.137. The van der Waals surface area contributed by atoms with Crippen molar-refractivity contribution in [2.24, 2.45) is 0 Å². The first kappa shape index (κ1) is 22.4. The minimum absolute atomic E-state index is 0.323. The van der Waals surface area contributed by atoms with Crippen molar-refractivity contribution in [1.29, 1.82) is 0 Å². The molecule has 24 heavy (non-hydrogen) atoms. The van der Waals surface area contributed by atoms with E-state index >= 15 is 0 Å². The lowest BCUT2D eigenvalue weighted by Crippen LogP contribution is -2.27. The zero-order valence-corrected chi connectivity index (χ0v) is 15.3. The van der Waals surface area contributed by atoms with Crippen LogP contribution in [0.5, 0.6) is 0 Å². The molecule has 138 valence electrons. The molecule has 1 amide bonds. The molecule has 0 aromatic carbocycles. The Balaban J connectivity index is 3.29. The Kier molecular flexibility index (Phi) is 16.6. The molecule has 0 aromatic rings. The van der Waals surface area contributed by atoms with Gasteiger partial charge in [0.25, 0.3) is 0 Å². The number of amides is 1. The van der Waals surface area contributed by atoms with Crippen LogP contribution >= 0.6 is 0 Å². The summed E-state index contributed by atoms with van der Waals surface area (Å²) in [5.74, 6) is -1.36. The summed E-state index contributed by atoms with van der Waals surface area (Å²) < 4.78 is 0. The molecule has 0 atom stereocenters. The van der Waals surface area contributed by atoms with Gasteiger partial charge in [0, 0.05) is 0 Å². The van der Waals surface area contributed by atoms with E-state index in [-0.39, 0.29) is 12.5 Å². The monoisotopic (exact) mass is 337 g/mol. The highest BCUT2D eigenvalue weighted by molar-refractivity contribution is 5.89. The van der Waals surface area contributed by atoms with E-state index in [0.717, 1.165) is 12.8 Å². The van der Waals surface area contributed by atoms with Gasteiger partial charge in [-0.05, 0) is 44.6 Å². The first-order valence-corrected chi connectivity index (χ1v) is 9.48. The van der Waals surface area contributed by atoms with Gasteiger partial charge in [-0.15, -0.1) is 0 Å². The molecular weight excluding hydrogens is 302 g/mol. The van der Waals surface area contributed by atoms with Crippen LogP contribution in [0.15, 0.2) is 24.3 Å². The van der Waals surface area contributed by atoms with Gasteiger partial charge in [0.05, 0.1) is 0 Å². The average molecular weight is 338 g/mol. The van der Waals surface area contributed by atoms with Gasteiger partial charge in [-0.25, -0.2) is 0 Å². The Hall–Kier alpha value is -1.58. The SMILES string of the molecule is CCCCCC/C=C\CCCCCCC/C=C/C(=O)NCC(=O)O. The summed E-state index contributed by atoms with van der Waals surface area (Å²) in [6, 6.07) is 0. The fraction of sp³-hybridized carbons (Fsp3) is 0.700. The molecule has 4 nitrogen and oxygen atoms in total. The fourth-order valence-corrected chi connectivity index (χ4v) is 2.39. The van der Waals surface area contributed by atoms with E-state index in [1.54, 1.807) is 0 Å². The minimum atomic E-state index is -1.02. The Morgan fingerprint density at radius 2 is 1.29 bits per heavy atom. The highest BCUT2D eigenvalue weighted by atomic mass is 16.4. The van der Waals surface area contributed by atoms with Gasteiger partial charge in [0.1, 0.15) is 6.54 Å². The van der Waals surface area contributed by atoms with E-state index in [9.17, 15) is 9.59 Å². The lowest BCUT2D eigenvalue weighted by Gasteiger charge is -1.99. The molecule has 0 fully saturated rings. The number of allylic oxidation sites excluding steroid dienone is 3. The van der Waals surface area contributed by atoms with Crippen molar-refractivity contribution in [2.75, 3.05) is 6.54 Å². The second-order valence-corrected chi connectivity index (χ2v) is 6.18. The molecule has 0 saturated carbocycles. The summed E-state index contributed by atoms with van der Waals surface area (Å²) in [5, 5.41) is 10.7. The van der Waals surface area contributed by atoms with Crippen molar-refractivity contribution in [2.45, 2.75) is 84.0 Å². The van der Waals surface area contributed by atoms with Crippen LogP contribution in [0.25, 0.3) is 0 Å². The van der Waals surface area contributed by atoms with E-state index in [1.807, 2.05) is 6.08 Å². The van der Waals surface area contributed by atoms with Gasteiger partial charge >= 0.3 is 5.97 Å². The number of rotatable bonds is 16. The highest BCUT2D eigenvalue weighted by Gasteiger charge is 1.98. The largest absolute Gasteiger partial charge is 0.480 e. The fourth-order valence-electron chi connectivity index (χ4n) is 2.39. The zero-order valence-electron chi connectivity index (χ0n) is 15.3. The van der Waals surface area contributed by atoms with E-state index in [1.165, 1.54) is 70.3 Å². The van der Waals surface area contributed by atoms with Crippen molar-refractivity contribution >= 4 is 11.9 Å². The summed E-state index contributed by atoms with van der Waals surface area (Å²) in [5.41, 5.74) is 0. The molecular formula is C20H35NO3. The molecule has 0 aliphatic carbocycles. The van der Waals surface area contributed by atoms with Crippen molar-refractivity contribution in [3.05, 3.63) is 24.3 Å². The molecule has 0 spiro atoms. The van der Waals surface area contributed by atoms with Crippen LogP contribution in [0.3, 0.4) is 0 Å². The van der Waals surface area contributed by atoms with Crippen LogP contribution in [0, 0.1) is 0 Å². The third-order valence-electron chi connectivity index (χ3n) is 3.82. The Labute approximate surface area is 147 Å². The smallest absolute Gasteiger partial charge is 0.322 e.